The summed E-state index contributed by atoms with van der Waals surface area (Å²) in [6.07, 6.45) is 3.84. The average molecular weight is 214 g/mol. The second kappa shape index (κ2) is 3.52. The van der Waals surface area contributed by atoms with Crippen LogP contribution in [0.2, 0.25) is 4.34 Å². The third kappa shape index (κ3) is 1.76. The zero-order valence-corrected chi connectivity index (χ0v) is 8.41. The van der Waals surface area contributed by atoms with E-state index < -0.39 is 0 Å². The first-order valence-corrected chi connectivity index (χ1v) is 5.26. The van der Waals surface area contributed by atoms with Crippen LogP contribution in [0, 0.1) is 0 Å². The predicted molar refractivity (Wildman–Crippen MR) is 55.3 cm³/mol. The van der Waals surface area contributed by atoms with Crippen molar-refractivity contribution in [3.05, 3.63) is 27.4 Å². The molecule has 0 spiro atoms. The fourth-order valence-corrected chi connectivity index (χ4v) is 1.91. The molecule has 1 N–H and O–H groups in total. The summed E-state index contributed by atoms with van der Waals surface area (Å²) in [6, 6.07) is 1.81. The van der Waals surface area contributed by atoms with Crippen LogP contribution < -0.4 is 5.32 Å². The molecule has 13 heavy (non-hydrogen) atoms. The molecule has 4 heteroatoms. The van der Waals surface area contributed by atoms with E-state index in [0.717, 1.165) is 18.4 Å². The van der Waals surface area contributed by atoms with Crippen molar-refractivity contribution in [1.29, 1.82) is 0 Å². The molecule has 2 rings (SSSR count). The maximum atomic E-state index is 11.4. The number of thiophene rings is 1. The first kappa shape index (κ1) is 8.78. The highest BCUT2D eigenvalue weighted by atomic mass is 35.5. The first-order valence-electron chi connectivity index (χ1n) is 4.01. The number of hydrogen-bond acceptors (Lipinski definition) is 2. The van der Waals surface area contributed by atoms with E-state index in [2.05, 4.69) is 5.32 Å². The monoisotopic (exact) mass is 213 g/mol. The lowest BCUT2D eigenvalue weighted by molar-refractivity contribution is -0.113. The van der Waals surface area contributed by atoms with Crippen LogP contribution in [-0.2, 0) is 4.79 Å². The Kier molecular flexibility index (Phi) is 2.38. The van der Waals surface area contributed by atoms with Crippen molar-refractivity contribution in [3.63, 3.8) is 0 Å². The largest absolute Gasteiger partial charge is 0.320 e. The minimum absolute atomic E-state index is 0.0217. The summed E-state index contributed by atoms with van der Waals surface area (Å²) in [5.41, 5.74) is 1.58. The summed E-state index contributed by atoms with van der Waals surface area (Å²) in [4.78, 5) is 11.4. The maximum absolute atomic E-state index is 11.4. The normalized spacial score (nSPS) is 14.7. The minimum atomic E-state index is -0.0217. The van der Waals surface area contributed by atoms with Gasteiger partial charge in [-0.15, -0.1) is 11.3 Å². The Morgan fingerprint density at radius 2 is 2.38 bits per heavy atom. The number of carbonyl (C=O) groups is 1. The van der Waals surface area contributed by atoms with Gasteiger partial charge in [0.2, 0.25) is 0 Å². The average Bonchev–Trinajstić information content (AvgIpc) is 2.32. The molecule has 0 aliphatic heterocycles. The fraction of sp³-hybridized carbons (Fsp3) is 0.222. The number of allylic oxidation sites excluding steroid dienone is 1. The zero-order chi connectivity index (χ0) is 9.26. The summed E-state index contributed by atoms with van der Waals surface area (Å²) < 4.78 is 0.633. The Balaban J connectivity index is 2.06. The lowest BCUT2D eigenvalue weighted by atomic mass is 9.98. The lowest BCUT2D eigenvalue weighted by Crippen LogP contribution is -2.17. The molecule has 1 amide bonds. The minimum Gasteiger partial charge on any atom is -0.320 e. The fourth-order valence-electron chi connectivity index (χ4n) is 1.08. The zero-order valence-electron chi connectivity index (χ0n) is 6.84. The van der Waals surface area contributed by atoms with Crippen LogP contribution in [-0.4, -0.2) is 5.91 Å². The molecular formula is C9H8ClNOS. The Labute approximate surface area is 85.2 Å². The molecule has 2 nitrogen and oxygen atoms in total. The van der Waals surface area contributed by atoms with E-state index in [1.807, 2.05) is 17.5 Å². The number of carbonyl (C=O) groups excluding carboxylic acids is 1. The molecule has 0 saturated heterocycles. The van der Waals surface area contributed by atoms with E-state index in [0.29, 0.717) is 10.0 Å². The van der Waals surface area contributed by atoms with E-state index in [9.17, 15) is 4.79 Å². The van der Waals surface area contributed by atoms with Crippen LogP contribution in [0.15, 0.2) is 23.1 Å². The molecule has 0 aromatic carbocycles. The number of hydrogen-bond donors (Lipinski definition) is 1. The Hall–Kier alpha value is -0.800. The highest BCUT2D eigenvalue weighted by Crippen LogP contribution is 2.29. The van der Waals surface area contributed by atoms with Gasteiger partial charge >= 0.3 is 0 Å². The van der Waals surface area contributed by atoms with E-state index in [-0.39, 0.29) is 5.91 Å². The molecule has 1 aliphatic carbocycles. The number of rotatable bonds is 2. The van der Waals surface area contributed by atoms with Crippen LogP contribution >= 0.6 is 22.9 Å². The van der Waals surface area contributed by atoms with Crippen molar-refractivity contribution in [2.45, 2.75) is 12.8 Å². The highest BCUT2D eigenvalue weighted by Gasteiger charge is 2.15. The van der Waals surface area contributed by atoms with Gasteiger partial charge in [-0.25, -0.2) is 0 Å². The molecule has 0 saturated carbocycles. The predicted octanol–water partition coefficient (Wildman–Crippen LogP) is 3.06. The van der Waals surface area contributed by atoms with Gasteiger partial charge in [0.25, 0.3) is 5.91 Å². The van der Waals surface area contributed by atoms with Crippen molar-refractivity contribution in [3.8, 4) is 0 Å². The van der Waals surface area contributed by atoms with Crippen molar-refractivity contribution < 1.29 is 4.79 Å². The molecular weight excluding hydrogens is 206 g/mol. The van der Waals surface area contributed by atoms with E-state index in [4.69, 9.17) is 11.6 Å². The van der Waals surface area contributed by atoms with Crippen LogP contribution in [0.5, 0.6) is 0 Å². The molecule has 0 atom stereocenters. The molecule has 0 bridgehead atoms. The second-order valence-electron chi connectivity index (χ2n) is 2.83. The van der Waals surface area contributed by atoms with Gasteiger partial charge in [-0.1, -0.05) is 17.7 Å². The number of nitrogens with one attached hydrogen (secondary N) is 1. The van der Waals surface area contributed by atoms with E-state index in [1.54, 1.807) is 0 Å². The van der Waals surface area contributed by atoms with Gasteiger partial charge in [0, 0.05) is 5.57 Å². The Morgan fingerprint density at radius 1 is 1.62 bits per heavy atom. The van der Waals surface area contributed by atoms with Crippen LogP contribution in [0.3, 0.4) is 0 Å². The summed E-state index contributed by atoms with van der Waals surface area (Å²) in [6.45, 7) is 0. The van der Waals surface area contributed by atoms with Gasteiger partial charge in [-0.2, -0.15) is 0 Å². The Morgan fingerprint density at radius 3 is 2.85 bits per heavy atom. The van der Waals surface area contributed by atoms with E-state index >= 15 is 0 Å². The van der Waals surface area contributed by atoms with E-state index in [1.165, 1.54) is 11.3 Å². The van der Waals surface area contributed by atoms with Gasteiger partial charge in [0.05, 0.1) is 5.69 Å². The summed E-state index contributed by atoms with van der Waals surface area (Å²) in [5, 5.41) is 4.62. The third-order valence-electron chi connectivity index (χ3n) is 1.96. The summed E-state index contributed by atoms with van der Waals surface area (Å²) in [7, 11) is 0. The van der Waals surface area contributed by atoms with Crippen molar-refractivity contribution >= 4 is 34.5 Å². The molecule has 1 aromatic heterocycles. The van der Waals surface area contributed by atoms with Crippen molar-refractivity contribution in [2.24, 2.45) is 0 Å². The maximum Gasteiger partial charge on any atom is 0.251 e. The Bertz CT molecular complexity index is 369. The van der Waals surface area contributed by atoms with Gasteiger partial charge in [-0.05, 0) is 24.3 Å². The third-order valence-corrected chi connectivity index (χ3v) is 3.13. The molecule has 0 fully saturated rings. The molecule has 68 valence electrons. The number of anilines is 1. The summed E-state index contributed by atoms with van der Waals surface area (Å²) in [5.74, 6) is -0.0217. The second-order valence-corrected chi connectivity index (χ2v) is 4.35. The van der Waals surface area contributed by atoms with Gasteiger partial charge < -0.3 is 5.32 Å². The smallest absolute Gasteiger partial charge is 0.251 e. The topological polar surface area (TPSA) is 29.1 Å². The first-order chi connectivity index (χ1) is 6.27. The van der Waals surface area contributed by atoms with Crippen LogP contribution in [0.1, 0.15) is 12.8 Å². The van der Waals surface area contributed by atoms with Crippen molar-refractivity contribution in [1.82, 2.24) is 0 Å². The van der Waals surface area contributed by atoms with Gasteiger partial charge in [0.15, 0.2) is 0 Å². The molecule has 0 radical (unpaired) electrons. The summed E-state index contributed by atoms with van der Waals surface area (Å²) >= 11 is 7.25. The van der Waals surface area contributed by atoms with Crippen LogP contribution in [0.25, 0.3) is 0 Å². The van der Waals surface area contributed by atoms with Gasteiger partial charge in [-0.3, -0.25) is 4.79 Å². The number of halogens is 1. The van der Waals surface area contributed by atoms with Crippen LogP contribution in [0.4, 0.5) is 5.69 Å². The standard InChI is InChI=1S/C9H8ClNOS/c10-8-7(4-5-13-8)11-9(12)6-2-1-3-6/h2,4-5H,1,3H2,(H,11,12). The lowest BCUT2D eigenvalue weighted by Gasteiger charge is -2.13. The molecule has 1 heterocycles. The quantitative estimate of drug-likeness (QED) is 0.804. The molecule has 0 unspecified atom stereocenters. The molecule has 1 aromatic rings. The van der Waals surface area contributed by atoms with Crippen molar-refractivity contribution in [2.75, 3.05) is 5.32 Å². The highest BCUT2D eigenvalue weighted by molar-refractivity contribution is 7.15. The van der Waals surface area contributed by atoms with Gasteiger partial charge in [0.1, 0.15) is 4.34 Å². The SMILES string of the molecule is O=C(Nc1ccsc1Cl)C1=CCC1. The molecule has 1 aliphatic rings. The number of amides is 1.